The maximum atomic E-state index is 13.1. The lowest BCUT2D eigenvalue weighted by Gasteiger charge is -2.25. The van der Waals surface area contributed by atoms with E-state index < -0.39 is 17.7 Å². The highest BCUT2D eigenvalue weighted by atomic mass is 32.1. The first kappa shape index (κ1) is 18.3. The number of benzene rings is 1. The largest absolute Gasteiger partial charge is 0.503 e. The molecule has 1 aromatic carbocycles. The van der Waals surface area contributed by atoms with Crippen molar-refractivity contribution >= 4 is 28.7 Å². The van der Waals surface area contributed by atoms with Crippen LogP contribution in [0, 0.1) is 0 Å². The fourth-order valence-corrected chi connectivity index (χ4v) is 4.06. The second-order valence-electron chi connectivity index (χ2n) is 6.91. The number of anilines is 1. The van der Waals surface area contributed by atoms with Crippen LogP contribution in [-0.2, 0) is 4.79 Å². The van der Waals surface area contributed by atoms with E-state index in [9.17, 15) is 14.7 Å². The van der Waals surface area contributed by atoms with Crippen LogP contribution in [0.1, 0.15) is 46.8 Å². The van der Waals surface area contributed by atoms with Gasteiger partial charge in [0.25, 0.3) is 5.91 Å². The van der Waals surface area contributed by atoms with Gasteiger partial charge in [0.05, 0.1) is 16.7 Å². The molecule has 0 aliphatic carbocycles. The molecule has 28 heavy (non-hydrogen) atoms. The van der Waals surface area contributed by atoms with E-state index in [1.54, 1.807) is 29.6 Å². The van der Waals surface area contributed by atoms with Crippen molar-refractivity contribution < 1.29 is 19.1 Å². The first-order valence-corrected chi connectivity index (χ1v) is 9.85. The van der Waals surface area contributed by atoms with Gasteiger partial charge < -0.3 is 9.52 Å². The number of hydrogen-bond donors (Lipinski definition) is 1. The average molecular weight is 393 g/mol. The zero-order chi connectivity index (χ0) is 19.8. The van der Waals surface area contributed by atoms with Gasteiger partial charge in [0.2, 0.25) is 5.78 Å². The van der Waals surface area contributed by atoms with Crippen LogP contribution >= 0.6 is 11.3 Å². The highest BCUT2D eigenvalue weighted by Crippen LogP contribution is 2.42. The molecule has 3 aromatic rings. The molecule has 1 N–H and O–H groups in total. The average Bonchev–Trinajstić information content (AvgIpc) is 3.43. The molecule has 4 rings (SSSR count). The van der Waals surface area contributed by atoms with Crippen molar-refractivity contribution in [1.82, 2.24) is 0 Å². The molecule has 0 spiro atoms. The highest BCUT2D eigenvalue weighted by molar-refractivity contribution is 7.12. The lowest BCUT2D eigenvalue weighted by Crippen LogP contribution is -2.30. The second kappa shape index (κ2) is 7.13. The van der Waals surface area contributed by atoms with Crippen LogP contribution in [0.2, 0.25) is 0 Å². The lowest BCUT2D eigenvalue weighted by atomic mass is 9.99. The van der Waals surface area contributed by atoms with Crippen molar-refractivity contribution in [3.8, 4) is 0 Å². The van der Waals surface area contributed by atoms with Gasteiger partial charge in [0.1, 0.15) is 11.8 Å². The van der Waals surface area contributed by atoms with E-state index in [-0.39, 0.29) is 11.4 Å². The highest BCUT2D eigenvalue weighted by Gasteiger charge is 2.46. The van der Waals surface area contributed by atoms with Gasteiger partial charge in [0.15, 0.2) is 5.76 Å². The third-order valence-corrected chi connectivity index (χ3v) is 5.72. The number of furan rings is 1. The Morgan fingerprint density at radius 1 is 1.14 bits per heavy atom. The maximum Gasteiger partial charge on any atom is 0.294 e. The number of aliphatic hydroxyl groups is 1. The van der Waals surface area contributed by atoms with Crippen LogP contribution < -0.4 is 4.90 Å². The minimum Gasteiger partial charge on any atom is -0.503 e. The van der Waals surface area contributed by atoms with Crippen molar-refractivity contribution in [1.29, 1.82) is 0 Å². The molecule has 1 atom stereocenters. The molecule has 2 aromatic heterocycles. The van der Waals surface area contributed by atoms with Crippen molar-refractivity contribution in [2.24, 2.45) is 0 Å². The summed E-state index contributed by atoms with van der Waals surface area (Å²) < 4.78 is 5.54. The Morgan fingerprint density at radius 3 is 2.46 bits per heavy atom. The zero-order valence-electron chi connectivity index (χ0n) is 15.5. The molecule has 0 bridgehead atoms. The van der Waals surface area contributed by atoms with E-state index >= 15 is 0 Å². The summed E-state index contributed by atoms with van der Waals surface area (Å²) in [5.41, 5.74) is 1.77. The molecular formula is C22H19NO4S. The number of thiophene rings is 1. The minimum absolute atomic E-state index is 0.0373. The van der Waals surface area contributed by atoms with E-state index in [1.165, 1.54) is 22.5 Å². The number of amides is 1. The van der Waals surface area contributed by atoms with Crippen molar-refractivity contribution in [2.75, 3.05) is 4.90 Å². The first-order chi connectivity index (χ1) is 13.5. The lowest BCUT2D eigenvalue weighted by molar-refractivity contribution is -0.117. The fourth-order valence-electron chi connectivity index (χ4n) is 3.38. The molecule has 1 aliphatic heterocycles. The SMILES string of the molecule is CC(C)c1ccc(N2C(=O)C(O)=C(C(=O)c3cccs3)C2c2ccco2)cc1. The summed E-state index contributed by atoms with van der Waals surface area (Å²) in [6, 6.07) is 13.6. The summed E-state index contributed by atoms with van der Waals surface area (Å²) in [4.78, 5) is 27.9. The Bertz CT molecular complexity index is 1030. The molecule has 142 valence electrons. The maximum absolute atomic E-state index is 13.1. The quantitative estimate of drug-likeness (QED) is 0.601. The van der Waals surface area contributed by atoms with Gasteiger partial charge in [-0.15, -0.1) is 11.3 Å². The van der Waals surface area contributed by atoms with Gasteiger partial charge in [0, 0.05) is 5.69 Å². The fraction of sp³-hybridized carbons (Fsp3) is 0.182. The van der Waals surface area contributed by atoms with Crippen LogP contribution in [-0.4, -0.2) is 16.8 Å². The number of aliphatic hydroxyl groups excluding tert-OH is 1. The van der Waals surface area contributed by atoms with Gasteiger partial charge in [-0.3, -0.25) is 14.5 Å². The number of ketones is 1. The molecular weight excluding hydrogens is 374 g/mol. The number of carbonyl (C=O) groups excluding carboxylic acids is 2. The van der Waals surface area contributed by atoms with Crippen molar-refractivity contribution in [2.45, 2.75) is 25.8 Å². The van der Waals surface area contributed by atoms with Crippen molar-refractivity contribution in [3.05, 3.63) is 87.7 Å². The zero-order valence-corrected chi connectivity index (χ0v) is 16.3. The van der Waals surface area contributed by atoms with Gasteiger partial charge in [-0.05, 0) is 47.2 Å². The third kappa shape index (κ3) is 2.96. The Kier molecular flexibility index (Phi) is 4.65. The van der Waals surface area contributed by atoms with E-state index in [4.69, 9.17) is 4.42 Å². The Morgan fingerprint density at radius 2 is 1.89 bits per heavy atom. The molecule has 5 nitrogen and oxygen atoms in total. The summed E-state index contributed by atoms with van der Waals surface area (Å²) in [5, 5.41) is 12.4. The summed E-state index contributed by atoms with van der Waals surface area (Å²) in [5.74, 6) is -0.744. The molecule has 3 heterocycles. The standard InChI is InChI=1S/C22H19NO4S/c1-13(2)14-7-9-15(10-8-14)23-19(16-5-3-11-27-16)18(21(25)22(23)26)20(24)17-6-4-12-28-17/h3-13,19,25H,1-2H3. The van der Waals surface area contributed by atoms with Gasteiger partial charge in [-0.1, -0.05) is 32.0 Å². The predicted molar refractivity (Wildman–Crippen MR) is 108 cm³/mol. The second-order valence-corrected chi connectivity index (χ2v) is 7.86. The van der Waals surface area contributed by atoms with Crippen LogP contribution in [0.3, 0.4) is 0 Å². The topological polar surface area (TPSA) is 70.8 Å². The normalized spacial score (nSPS) is 17.0. The van der Waals surface area contributed by atoms with Gasteiger partial charge in [-0.2, -0.15) is 0 Å². The molecule has 0 radical (unpaired) electrons. The van der Waals surface area contributed by atoms with E-state index in [2.05, 4.69) is 13.8 Å². The molecule has 1 unspecified atom stereocenters. The molecule has 0 fully saturated rings. The van der Waals surface area contributed by atoms with Crippen LogP contribution in [0.15, 0.2) is 75.9 Å². The van der Waals surface area contributed by atoms with Gasteiger partial charge in [-0.25, -0.2) is 0 Å². The molecule has 1 amide bonds. The van der Waals surface area contributed by atoms with Crippen LogP contribution in [0.4, 0.5) is 5.69 Å². The first-order valence-electron chi connectivity index (χ1n) is 8.97. The van der Waals surface area contributed by atoms with Crippen LogP contribution in [0.5, 0.6) is 0 Å². The Balaban J connectivity index is 1.81. The third-order valence-electron chi connectivity index (χ3n) is 4.85. The van der Waals surface area contributed by atoms with Crippen molar-refractivity contribution in [3.63, 3.8) is 0 Å². The molecule has 0 saturated carbocycles. The van der Waals surface area contributed by atoms with E-state index in [0.717, 1.165) is 5.56 Å². The molecule has 1 aliphatic rings. The van der Waals surface area contributed by atoms with E-state index in [1.807, 2.05) is 24.3 Å². The number of nitrogens with zero attached hydrogens (tertiary/aromatic N) is 1. The number of Topliss-reactive ketones (excluding diaryl/α,β-unsaturated/α-hetero) is 1. The number of hydrogen-bond acceptors (Lipinski definition) is 5. The summed E-state index contributed by atoms with van der Waals surface area (Å²) in [7, 11) is 0. The summed E-state index contributed by atoms with van der Waals surface area (Å²) in [6.45, 7) is 4.18. The molecule has 0 saturated heterocycles. The van der Waals surface area contributed by atoms with Crippen LogP contribution in [0.25, 0.3) is 0 Å². The summed E-state index contributed by atoms with van der Waals surface area (Å²) >= 11 is 1.27. The smallest absolute Gasteiger partial charge is 0.294 e. The Labute approximate surface area is 166 Å². The number of rotatable bonds is 5. The monoisotopic (exact) mass is 393 g/mol. The number of carbonyl (C=O) groups is 2. The summed E-state index contributed by atoms with van der Waals surface area (Å²) in [6.07, 6.45) is 1.49. The van der Waals surface area contributed by atoms with E-state index in [0.29, 0.717) is 22.2 Å². The van der Waals surface area contributed by atoms with Gasteiger partial charge >= 0.3 is 0 Å². The molecule has 6 heteroatoms. The Hall–Kier alpha value is -3.12. The minimum atomic E-state index is -0.818. The predicted octanol–water partition coefficient (Wildman–Crippen LogP) is 5.25.